The first kappa shape index (κ1) is 17.1. The molecule has 0 aliphatic rings. The first-order chi connectivity index (χ1) is 10.9. The summed E-state index contributed by atoms with van der Waals surface area (Å²) in [5.41, 5.74) is 1.69. The lowest BCUT2D eigenvalue weighted by Crippen LogP contribution is -2.42. The van der Waals surface area contributed by atoms with Gasteiger partial charge in [0, 0.05) is 7.05 Å². The largest absolute Gasteiger partial charge is 0.492 e. The molecule has 0 bridgehead atoms. The van der Waals surface area contributed by atoms with Crippen molar-refractivity contribution in [3.05, 3.63) is 65.7 Å². The Hall–Kier alpha value is -2.29. The summed E-state index contributed by atoms with van der Waals surface area (Å²) in [6, 6.07) is 17.8. The van der Waals surface area contributed by atoms with Crippen molar-refractivity contribution in [1.82, 2.24) is 4.90 Å². The maximum Gasteiger partial charge on any atom is 0.232 e. The molecule has 3 nitrogen and oxygen atoms in total. The number of amides is 1. The van der Waals surface area contributed by atoms with Crippen LogP contribution in [0.4, 0.5) is 0 Å². The van der Waals surface area contributed by atoms with Gasteiger partial charge in [0.05, 0.1) is 12.0 Å². The van der Waals surface area contributed by atoms with E-state index in [0.29, 0.717) is 13.2 Å². The number of likely N-dealkylation sites (N-methyl/N-ethyl adjacent to an activating group) is 1. The van der Waals surface area contributed by atoms with E-state index in [1.54, 1.807) is 4.90 Å². The van der Waals surface area contributed by atoms with Crippen molar-refractivity contribution in [1.29, 1.82) is 0 Å². The second-order valence-corrected chi connectivity index (χ2v) is 6.38. The number of rotatable bonds is 6. The molecule has 0 heterocycles. The van der Waals surface area contributed by atoms with Crippen molar-refractivity contribution in [2.45, 2.75) is 26.2 Å². The van der Waals surface area contributed by atoms with Crippen molar-refractivity contribution < 1.29 is 9.53 Å². The van der Waals surface area contributed by atoms with Crippen LogP contribution in [0.15, 0.2) is 54.6 Å². The third-order valence-corrected chi connectivity index (χ3v) is 4.09. The Kier molecular flexibility index (Phi) is 5.43. The van der Waals surface area contributed by atoms with Crippen LogP contribution in [0.25, 0.3) is 0 Å². The van der Waals surface area contributed by atoms with Gasteiger partial charge in [0.1, 0.15) is 12.4 Å². The number of nitrogens with zero attached hydrogens (tertiary/aromatic N) is 1. The summed E-state index contributed by atoms with van der Waals surface area (Å²) in [6.07, 6.45) is 0. The maximum absolute atomic E-state index is 12.7. The molecule has 0 aromatic heterocycles. The lowest BCUT2D eigenvalue weighted by molar-refractivity contribution is -0.135. The van der Waals surface area contributed by atoms with E-state index >= 15 is 0 Å². The number of carbonyl (C=O) groups is 1. The van der Waals surface area contributed by atoms with E-state index in [4.69, 9.17) is 4.74 Å². The normalized spacial score (nSPS) is 11.1. The molecular formula is C20H25NO2. The van der Waals surface area contributed by atoms with Crippen LogP contribution in [0.3, 0.4) is 0 Å². The Morgan fingerprint density at radius 2 is 1.65 bits per heavy atom. The quantitative estimate of drug-likeness (QED) is 0.812. The molecule has 0 aliphatic heterocycles. The fourth-order valence-corrected chi connectivity index (χ4v) is 2.49. The van der Waals surface area contributed by atoms with Gasteiger partial charge in [-0.2, -0.15) is 0 Å². The van der Waals surface area contributed by atoms with E-state index in [-0.39, 0.29) is 5.91 Å². The van der Waals surface area contributed by atoms with E-state index in [1.807, 2.05) is 82.4 Å². The van der Waals surface area contributed by atoms with Crippen LogP contribution >= 0.6 is 0 Å². The number of ether oxygens (including phenoxy) is 1. The average molecular weight is 311 g/mol. The Morgan fingerprint density at radius 1 is 1.04 bits per heavy atom. The Bertz CT molecular complexity index is 632. The molecule has 2 rings (SSSR count). The van der Waals surface area contributed by atoms with Gasteiger partial charge in [-0.1, -0.05) is 48.0 Å². The standard InChI is InChI=1S/C20H25NO2/c1-16-10-12-18(13-11-16)23-15-14-21(4)19(22)20(2,3)17-8-6-5-7-9-17/h5-13H,14-15H2,1-4H3. The van der Waals surface area contributed by atoms with Crippen molar-refractivity contribution in [2.24, 2.45) is 0 Å². The van der Waals surface area contributed by atoms with Gasteiger partial charge in [-0.25, -0.2) is 0 Å². The zero-order chi connectivity index (χ0) is 16.9. The number of aryl methyl sites for hydroxylation is 1. The summed E-state index contributed by atoms with van der Waals surface area (Å²) in [4.78, 5) is 14.5. The molecule has 0 saturated carbocycles. The second kappa shape index (κ2) is 7.32. The zero-order valence-corrected chi connectivity index (χ0v) is 14.4. The molecule has 0 atom stereocenters. The molecule has 0 N–H and O–H groups in total. The lowest BCUT2D eigenvalue weighted by atomic mass is 9.83. The lowest BCUT2D eigenvalue weighted by Gasteiger charge is -2.29. The minimum Gasteiger partial charge on any atom is -0.492 e. The molecule has 0 aliphatic carbocycles. The summed E-state index contributed by atoms with van der Waals surface area (Å²) >= 11 is 0. The smallest absolute Gasteiger partial charge is 0.232 e. The van der Waals surface area contributed by atoms with Crippen LogP contribution < -0.4 is 4.74 Å². The topological polar surface area (TPSA) is 29.5 Å². The highest BCUT2D eigenvalue weighted by Crippen LogP contribution is 2.25. The highest BCUT2D eigenvalue weighted by molar-refractivity contribution is 5.87. The minimum absolute atomic E-state index is 0.0937. The fourth-order valence-electron chi connectivity index (χ4n) is 2.49. The molecule has 2 aromatic rings. The van der Waals surface area contributed by atoms with Gasteiger partial charge >= 0.3 is 0 Å². The van der Waals surface area contributed by atoms with Gasteiger partial charge in [-0.05, 0) is 38.5 Å². The van der Waals surface area contributed by atoms with Crippen LogP contribution in [0.5, 0.6) is 5.75 Å². The molecule has 3 heteroatoms. The van der Waals surface area contributed by atoms with Gasteiger partial charge in [0.25, 0.3) is 0 Å². The number of hydrogen-bond donors (Lipinski definition) is 0. The second-order valence-electron chi connectivity index (χ2n) is 6.38. The summed E-state index contributed by atoms with van der Waals surface area (Å²) in [6.45, 7) is 7.00. The minimum atomic E-state index is -0.542. The highest BCUT2D eigenvalue weighted by Gasteiger charge is 2.32. The monoisotopic (exact) mass is 311 g/mol. The first-order valence-electron chi connectivity index (χ1n) is 7.92. The molecule has 0 unspecified atom stereocenters. The third kappa shape index (κ3) is 4.35. The van der Waals surface area contributed by atoms with Crippen LogP contribution in [0.2, 0.25) is 0 Å². The summed E-state index contributed by atoms with van der Waals surface area (Å²) in [7, 11) is 1.82. The number of hydrogen-bond acceptors (Lipinski definition) is 2. The maximum atomic E-state index is 12.7. The van der Waals surface area contributed by atoms with Gasteiger partial charge in [0.2, 0.25) is 5.91 Å². The van der Waals surface area contributed by atoms with Gasteiger partial charge < -0.3 is 9.64 Å². The van der Waals surface area contributed by atoms with Crippen LogP contribution in [0, 0.1) is 6.92 Å². The molecule has 0 saturated heterocycles. The van der Waals surface area contributed by atoms with E-state index in [2.05, 4.69) is 0 Å². The van der Waals surface area contributed by atoms with Crippen LogP contribution in [-0.4, -0.2) is 31.0 Å². The van der Waals surface area contributed by atoms with E-state index in [9.17, 15) is 4.79 Å². The Labute approximate surface area is 138 Å². The molecular weight excluding hydrogens is 286 g/mol. The van der Waals surface area contributed by atoms with Crippen molar-refractivity contribution >= 4 is 5.91 Å². The number of benzene rings is 2. The molecule has 0 spiro atoms. The fraction of sp³-hybridized carbons (Fsp3) is 0.350. The summed E-state index contributed by atoms with van der Waals surface area (Å²) in [5, 5.41) is 0. The van der Waals surface area contributed by atoms with E-state index in [1.165, 1.54) is 5.56 Å². The van der Waals surface area contributed by atoms with E-state index in [0.717, 1.165) is 11.3 Å². The van der Waals surface area contributed by atoms with Crippen molar-refractivity contribution in [3.8, 4) is 5.75 Å². The predicted octanol–water partition coefficient (Wildman–Crippen LogP) is 3.81. The number of carbonyl (C=O) groups excluding carboxylic acids is 1. The van der Waals surface area contributed by atoms with Crippen molar-refractivity contribution in [2.75, 3.05) is 20.2 Å². The Morgan fingerprint density at radius 3 is 2.26 bits per heavy atom. The van der Waals surface area contributed by atoms with E-state index < -0.39 is 5.41 Å². The molecule has 122 valence electrons. The predicted molar refractivity (Wildman–Crippen MR) is 93.8 cm³/mol. The molecule has 0 fully saturated rings. The van der Waals surface area contributed by atoms with Crippen LogP contribution in [-0.2, 0) is 10.2 Å². The molecule has 1 amide bonds. The van der Waals surface area contributed by atoms with Gasteiger partial charge in [0.15, 0.2) is 0 Å². The van der Waals surface area contributed by atoms with Gasteiger partial charge in [-0.3, -0.25) is 4.79 Å². The first-order valence-corrected chi connectivity index (χ1v) is 7.92. The van der Waals surface area contributed by atoms with Crippen LogP contribution in [0.1, 0.15) is 25.0 Å². The summed E-state index contributed by atoms with van der Waals surface area (Å²) in [5.74, 6) is 0.926. The average Bonchev–Trinajstić information content (AvgIpc) is 2.56. The van der Waals surface area contributed by atoms with Gasteiger partial charge in [-0.15, -0.1) is 0 Å². The SMILES string of the molecule is Cc1ccc(OCCN(C)C(=O)C(C)(C)c2ccccc2)cc1. The zero-order valence-electron chi connectivity index (χ0n) is 14.4. The molecule has 23 heavy (non-hydrogen) atoms. The van der Waals surface area contributed by atoms with Crippen molar-refractivity contribution in [3.63, 3.8) is 0 Å². The third-order valence-electron chi connectivity index (χ3n) is 4.09. The molecule has 0 radical (unpaired) electrons. The Balaban J connectivity index is 1.91. The summed E-state index contributed by atoms with van der Waals surface area (Å²) < 4.78 is 5.71. The highest BCUT2D eigenvalue weighted by atomic mass is 16.5. The molecule has 2 aromatic carbocycles.